The van der Waals surface area contributed by atoms with E-state index >= 15 is 0 Å². The number of nitrogens with one attached hydrogen (secondary N) is 1. The number of nitrogens with zero attached hydrogens (tertiary/aromatic N) is 5. The molecule has 232 valence electrons. The van der Waals surface area contributed by atoms with E-state index in [0.29, 0.717) is 30.0 Å². The van der Waals surface area contributed by atoms with Crippen LogP contribution in [0, 0.1) is 6.92 Å². The third-order valence-corrected chi connectivity index (χ3v) is 8.80. The summed E-state index contributed by atoms with van der Waals surface area (Å²) in [5, 5.41) is 0.857. The number of likely N-dealkylation sites (N-methyl/N-ethyl adjacent to an activating group) is 1. The van der Waals surface area contributed by atoms with Gasteiger partial charge in [0.25, 0.3) is 0 Å². The van der Waals surface area contributed by atoms with Crippen molar-refractivity contribution in [1.82, 2.24) is 29.7 Å². The minimum atomic E-state index is -4.50. The predicted octanol–water partition coefficient (Wildman–Crippen LogP) is 5.90. The van der Waals surface area contributed by atoms with Gasteiger partial charge in [0.2, 0.25) is 5.91 Å². The largest absolute Gasteiger partial charge is 0.455 e. The molecule has 0 saturated carbocycles. The molecule has 4 aromatic rings. The quantitative estimate of drug-likeness (QED) is 0.282. The maximum absolute atomic E-state index is 14.2. The van der Waals surface area contributed by atoms with E-state index in [-0.39, 0.29) is 30.5 Å². The number of halogens is 3. The first-order valence-electron chi connectivity index (χ1n) is 15.1. The average Bonchev–Trinajstić information content (AvgIpc) is 3.39. The van der Waals surface area contributed by atoms with Crippen molar-refractivity contribution in [3.05, 3.63) is 82.4 Å². The number of carbonyl (C=O) groups excluding carboxylic acids is 1. The second-order valence-corrected chi connectivity index (χ2v) is 11.7. The van der Waals surface area contributed by atoms with Crippen LogP contribution in [0.4, 0.5) is 13.2 Å². The molecule has 2 aliphatic rings. The Hall–Kier alpha value is -3.96. The number of H-pyrrole nitrogens is 1. The molecule has 5 heterocycles. The number of ether oxygens (including phenoxy) is 1. The molecule has 0 spiro atoms. The van der Waals surface area contributed by atoms with E-state index in [4.69, 9.17) is 4.74 Å². The molecule has 1 amide bonds. The number of aromatic amines is 1. The predicted molar refractivity (Wildman–Crippen MR) is 162 cm³/mol. The van der Waals surface area contributed by atoms with Gasteiger partial charge in [0.15, 0.2) is 0 Å². The molecule has 6 rings (SSSR count). The summed E-state index contributed by atoms with van der Waals surface area (Å²) in [5.41, 5.74) is 3.40. The van der Waals surface area contributed by atoms with Crippen molar-refractivity contribution in [2.75, 3.05) is 39.3 Å². The van der Waals surface area contributed by atoms with E-state index in [1.54, 1.807) is 35.5 Å². The highest BCUT2D eigenvalue weighted by atomic mass is 19.4. The lowest BCUT2D eigenvalue weighted by Gasteiger charge is -2.35. The fraction of sp³-hybridized carbons (Fsp3) is 0.424. The molecular weight excluding hydrogens is 569 g/mol. The summed E-state index contributed by atoms with van der Waals surface area (Å²) in [4.78, 5) is 31.7. The number of aryl methyl sites for hydroxylation is 1. The number of hydrogen-bond acceptors (Lipinski definition) is 6. The van der Waals surface area contributed by atoms with Gasteiger partial charge in [-0.1, -0.05) is 19.1 Å². The summed E-state index contributed by atoms with van der Waals surface area (Å²) in [6.07, 6.45) is -0.700. The first-order valence-corrected chi connectivity index (χ1v) is 15.1. The Morgan fingerprint density at radius 3 is 2.57 bits per heavy atom. The zero-order valence-electron chi connectivity index (χ0n) is 25.2. The van der Waals surface area contributed by atoms with Crippen molar-refractivity contribution in [3.8, 4) is 11.5 Å². The molecule has 3 aromatic heterocycles. The third-order valence-electron chi connectivity index (χ3n) is 8.80. The summed E-state index contributed by atoms with van der Waals surface area (Å²) in [6.45, 7) is 10.8. The normalized spacial score (nSPS) is 18.0. The van der Waals surface area contributed by atoms with E-state index in [1.807, 2.05) is 26.0 Å². The number of aromatic nitrogens is 3. The summed E-state index contributed by atoms with van der Waals surface area (Å²) < 4.78 is 48.7. The molecule has 2 aliphatic heterocycles. The monoisotopic (exact) mass is 606 g/mol. The van der Waals surface area contributed by atoms with Crippen LogP contribution in [0.15, 0.2) is 48.8 Å². The second-order valence-electron chi connectivity index (χ2n) is 11.7. The van der Waals surface area contributed by atoms with Crippen LogP contribution in [0.25, 0.3) is 11.0 Å². The Bertz CT molecular complexity index is 1660. The Morgan fingerprint density at radius 2 is 1.82 bits per heavy atom. The lowest BCUT2D eigenvalue weighted by Crippen LogP contribution is -2.45. The molecule has 0 aliphatic carbocycles. The summed E-state index contributed by atoms with van der Waals surface area (Å²) in [5.74, 6) is 0.965. The molecule has 1 atom stereocenters. The zero-order valence-corrected chi connectivity index (χ0v) is 25.2. The number of pyridine rings is 2. The Labute approximate surface area is 254 Å². The highest BCUT2D eigenvalue weighted by Gasteiger charge is 2.35. The topological polar surface area (TPSA) is 77.6 Å². The fourth-order valence-corrected chi connectivity index (χ4v) is 6.31. The first kappa shape index (κ1) is 30.1. The van der Waals surface area contributed by atoms with Gasteiger partial charge in [0.05, 0.1) is 29.6 Å². The minimum Gasteiger partial charge on any atom is -0.455 e. The van der Waals surface area contributed by atoms with E-state index in [2.05, 4.69) is 31.7 Å². The number of piperazine rings is 1. The zero-order chi connectivity index (χ0) is 31.0. The standard InChI is InChI=1S/C33H37F3N6O2/c1-4-40-11-13-41(14-12-40)20-24-6-5-23(16-28(24)33(34,35)36)17-31(43)42-10-8-29-26(22(42)3)18-25(19-38-29)44-30-7-9-37-32-27(30)15-21(2)39-32/h5-7,9,15-16,18-19,22H,4,8,10-14,17,20H2,1-3H3,(H,37,39). The molecule has 0 bridgehead atoms. The van der Waals surface area contributed by atoms with Gasteiger partial charge < -0.3 is 19.5 Å². The van der Waals surface area contributed by atoms with Crippen molar-refractivity contribution in [1.29, 1.82) is 0 Å². The van der Waals surface area contributed by atoms with Crippen LogP contribution in [-0.2, 0) is 30.4 Å². The molecule has 11 heteroatoms. The van der Waals surface area contributed by atoms with E-state index < -0.39 is 11.7 Å². The van der Waals surface area contributed by atoms with Crippen molar-refractivity contribution in [2.45, 2.75) is 52.4 Å². The van der Waals surface area contributed by atoms with E-state index in [9.17, 15) is 18.0 Å². The number of carbonyl (C=O) groups is 1. The van der Waals surface area contributed by atoms with Crippen LogP contribution in [-0.4, -0.2) is 74.8 Å². The third kappa shape index (κ3) is 6.30. The highest BCUT2D eigenvalue weighted by Crippen LogP contribution is 2.36. The molecule has 1 unspecified atom stereocenters. The van der Waals surface area contributed by atoms with Crippen molar-refractivity contribution < 1.29 is 22.7 Å². The molecule has 0 radical (unpaired) electrons. The number of rotatable bonds is 7. The van der Waals surface area contributed by atoms with E-state index in [1.165, 1.54) is 0 Å². The molecule has 1 aromatic carbocycles. The van der Waals surface area contributed by atoms with Gasteiger partial charge in [-0.15, -0.1) is 0 Å². The van der Waals surface area contributed by atoms with Gasteiger partial charge in [-0.2, -0.15) is 13.2 Å². The van der Waals surface area contributed by atoms with Crippen molar-refractivity contribution >= 4 is 16.9 Å². The number of hydrogen-bond donors (Lipinski definition) is 1. The summed E-state index contributed by atoms with van der Waals surface area (Å²) in [7, 11) is 0. The molecule has 1 fully saturated rings. The molecule has 44 heavy (non-hydrogen) atoms. The molecule has 8 nitrogen and oxygen atoms in total. The summed E-state index contributed by atoms with van der Waals surface area (Å²) >= 11 is 0. The highest BCUT2D eigenvalue weighted by molar-refractivity contribution is 5.83. The van der Waals surface area contributed by atoms with Crippen molar-refractivity contribution in [3.63, 3.8) is 0 Å². The van der Waals surface area contributed by atoms with Gasteiger partial charge in [0.1, 0.15) is 17.1 Å². The fourth-order valence-electron chi connectivity index (χ4n) is 6.31. The molecule has 1 N–H and O–H groups in total. The van der Waals surface area contributed by atoms with Crippen LogP contribution in [0.3, 0.4) is 0 Å². The SMILES string of the molecule is CCN1CCN(Cc2ccc(CC(=O)N3CCc4ncc(Oc5ccnc6[nH]c(C)cc56)cc4C3C)cc2C(F)(F)F)CC1. The Morgan fingerprint density at radius 1 is 1.05 bits per heavy atom. The van der Waals surface area contributed by atoms with Crippen molar-refractivity contribution in [2.24, 2.45) is 0 Å². The van der Waals surface area contributed by atoms with Gasteiger partial charge in [-0.25, -0.2) is 4.98 Å². The average molecular weight is 607 g/mol. The number of amides is 1. The second kappa shape index (κ2) is 12.2. The minimum absolute atomic E-state index is 0.107. The van der Waals surface area contributed by atoms with Crippen LogP contribution < -0.4 is 4.74 Å². The number of benzene rings is 1. The number of alkyl halides is 3. The molecular formula is C33H37F3N6O2. The van der Waals surface area contributed by atoms with Crippen LogP contribution >= 0.6 is 0 Å². The van der Waals surface area contributed by atoms with Gasteiger partial charge in [-0.05, 0) is 61.3 Å². The van der Waals surface area contributed by atoms with Gasteiger partial charge in [0, 0.05) is 63.3 Å². The van der Waals surface area contributed by atoms with Gasteiger partial charge in [-0.3, -0.25) is 14.7 Å². The molecule has 1 saturated heterocycles. The number of fused-ring (bicyclic) bond motifs is 2. The van der Waals surface area contributed by atoms with Crippen LogP contribution in [0.2, 0.25) is 0 Å². The Kier molecular flexibility index (Phi) is 8.34. The van der Waals surface area contributed by atoms with Crippen LogP contribution in [0.1, 0.15) is 53.5 Å². The van der Waals surface area contributed by atoms with Gasteiger partial charge >= 0.3 is 6.18 Å². The maximum Gasteiger partial charge on any atom is 0.416 e. The summed E-state index contributed by atoms with van der Waals surface area (Å²) in [6, 6.07) is 9.72. The Balaban J connectivity index is 1.17. The van der Waals surface area contributed by atoms with Crippen LogP contribution in [0.5, 0.6) is 11.5 Å². The first-order chi connectivity index (χ1) is 21.1. The van der Waals surface area contributed by atoms with E-state index in [0.717, 1.165) is 66.8 Å². The smallest absolute Gasteiger partial charge is 0.416 e. The lowest BCUT2D eigenvalue weighted by molar-refractivity contribution is -0.139. The lowest BCUT2D eigenvalue weighted by atomic mass is 9.96. The maximum atomic E-state index is 14.2.